The van der Waals surface area contributed by atoms with E-state index in [0.717, 1.165) is 10.6 Å². The molecule has 3 rings (SSSR count). The fraction of sp³-hybridized carbons (Fsp3) is 0.227. The molecule has 1 aromatic heterocycles. The number of nitrogens with one attached hydrogen (secondary N) is 1. The predicted molar refractivity (Wildman–Crippen MR) is 114 cm³/mol. The van der Waals surface area contributed by atoms with Gasteiger partial charge in [0.05, 0.1) is 24.9 Å². The van der Waals surface area contributed by atoms with Crippen LogP contribution in [0.2, 0.25) is 0 Å². The zero-order valence-electron chi connectivity index (χ0n) is 17.9. The Bertz CT molecular complexity index is 1080. The van der Waals surface area contributed by atoms with Crippen molar-refractivity contribution in [2.75, 3.05) is 18.5 Å². The van der Waals surface area contributed by atoms with Crippen molar-refractivity contribution in [1.82, 2.24) is 4.98 Å². The minimum atomic E-state index is -1.37. The number of rotatable bonds is 8. The standard InChI is InChI=1S/C22H22N2O5S.K/c1-4-28-19-9-7-15(11-20(19)29-5-2)21-24-18(12-30-21)14-6-8-17(23-13(3)25)16(10-14)22(26)27;/h6-12H,4-5H2,1-3H3,(H,23,25)(H,26,27);/q;+1/p-1. The first-order valence-electron chi connectivity index (χ1n) is 9.41. The second-order valence-corrected chi connectivity index (χ2v) is 7.15. The molecule has 0 atom stereocenters. The van der Waals surface area contributed by atoms with E-state index >= 15 is 0 Å². The van der Waals surface area contributed by atoms with Crippen molar-refractivity contribution < 1.29 is 75.6 Å². The fourth-order valence-corrected chi connectivity index (χ4v) is 3.72. The van der Waals surface area contributed by atoms with E-state index in [2.05, 4.69) is 10.3 Å². The van der Waals surface area contributed by atoms with Gasteiger partial charge in [-0.25, -0.2) is 4.98 Å². The summed E-state index contributed by atoms with van der Waals surface area (Å²) in [7, 11) is 0. The Labute approximate surface area is 227 Å². The number of nitrogens with zero attached hydrogens (tertiary/aromatic N) is 1. The topological polar surface area (TPSA) is 101 Å². The molecule has 2 aromatic carbocycles. The Balaban J connectivity index is 0.00000341. The number of amides is 1. The van der Waals surface area contributed by atoms with Gasteiger partial charge in [0, 0.05) is 34.7 Å². The number of carboxylic acids is 1. The predicted octanol–water partition coefficient (Wildman–Crippen LogP) is 0.600. The number of hydrogen-bond donors (Lipinski definition) is 1. The molecule has 0 unspecified atom stereocenters. The molecule has 0 saturated carbocycles. The van der Waals surface area contributed by atoms with E-state index in [0.29, 0.717) is 36.0 Å². The van der Waals surface area contributed by atoms with E-state index < -0.39 is 5.97 Å². The summed E-state index contributed by atoms with van der Waals surface area (Å²) in [5.41, 5.74) is 2.19. The van der Waals surface area contributed by atoms with Gasteiger partial charge in [-0.1, -0.05) is 6.07 Å². The number of carbonyl (C=O) groups excluding carboxylic acids is 2. The van der Waals surface area contributed by atoms with Crippen LogP contribution in [0.4, 0.5) is 5.69 Å². The summed E-state index contributed by atoms with van der Waals surface area (Å²) in [6.45, 7) is 6.18. The molecule has 0 saturated heterocycles. The van der Waals surface area contributed by atoms with Crippen LogP contribution in [0.1, 0.15) is 31.1 Å². The third kappa shape index (κ3) is 6.38. The summed E-state index contributed by atoms with van der Waals surface area (Å²) < 4.78 is 11.3. The summed E-state index contributed by atoms with van der Waals surface area (Å²) >= 11 is 1.43. The zero-order valence-corrected chi connectivity index (χ0v) is 21.8. The van der Waals surface area contributed by atoms with Gasteiger partial charge >= 0.3 is 51.4 Å². The number of hydrogen-bond acceptors (Lipinski definition) is 7. The van der Waals surface area contributed by atoms with Gasteiger partial charge in [0.2, 0.25) is 5.91 Å². The van der Waals surface area contributed by atoms with Crippen molar-refractivity contribution in [1.29, 1.82) is 0 Å². The first-order chi connectivity index (χ1) is 14.4. The van der Waals surface area contributed by atoms with Crippen LogP contribution < -0.4 is 71.3 Å². The largest absolute Gasteiger partial charge is 1.00 e. The summed E-state index contributed by atoms with van der Waals surface area (Å²) in [6, 6.07) is 10.3. The molecule has 0 aliphatic rings. The van der Waals surface area contributed by atoms with Crippen LogP contribution in [0.15, 0.2) is 41.8 Å². The van der Waals surface area contributed by atoms with E-state index in [1.165, 1.54) is 30.4 Å². The normalized spacial score (nSPS) is 10.2. The molecular formula is C22H21KN2O5S. The van der Waals surface area contributed by atoms with Gasteiger partial charge in [-0.15, -0.1) is 11.3 Å². The summed E-state index contributed by atoms with van der Waals surface area (Å²) in [5, 5.41) is 16.6. The van der Waals surface area contributed by atoms with E-state index in [1.807, 2.05) is 37.4 Å². The molecule has 0 bridgehead atoms. The molecule has 0 radical (unpaired) electrons. The zero-order chi connectivity index (χ0) is 21.7. The molecule has 0 fully saturated rings. The number of thiazole rings is 1. The average molecular weight is 465 g/mol. The summed E-state index contributed by atoms with van der Waals surface area (Å²) in [4.78, 5) is 27.4. The fourth-order valence-electron chi connectivity index (χ4n) is 2.89. The Kier molecular flexibility index (Phi) is 9.67. The molecular weight excluding hydrogens is 443 g/mol. The van der Waals surface area contributed by atoms with Gasteiger partial charge in [0.25, 0.3) is 0 Å². The number of carboxylic acid groups (broad SMARTS) is 1. The minimum Gasteiger partial charge on any atom is -0.545 e. The van der Waals surface area contributed by atoms with E-state index in [4.69, 9.17) is 9.47 Å². The molecule has 0 spiro atoms. The molecule has 9 heteroatoms. The maximum absolute atomic E-state index is 11.5. The summed E-state index contributed by atoms with van der Waals surface area (Å²) in [6.07, 6.45) is 0. The molecule has 1 N–H and O–H groups in total. The van der Waals surface area contributed by atoms with Crippen LogP contribution >= 0.6 is 11.3 Å². The first kappa shape index (κ1) is 25.5. The molecule has 1 heterocycles. The van der Waals surface area contributed by atoms with Crippen molar-refractivity contribution in [3.63, 3.8) is 0 Å². The van der Waals surface area contributed by atoms with Gasteiger partial charge in [0.15, 0.2) is 11.5 Å². The van der Waals surface area contributed by atoms with Gasteiger partial charge in [0.1, 0.15) is 5.01 Å². The number of benzene rings is 2. The molecule has 31 heavy (non-hydrogen) atoms. The maximum Gasteiger partial charge on any atom is 1.00 e. The molecule has 0 aliphatic heterocycles. The van der Waals surface area contributed by atoms with E-state index in [1.54, 1.807) is 6.07 Å². The third-order valence-electron chi connectivity index (χ3n) is 4.14. The van der Waals surface area contributed by atoms with Crippen molar-refractivity contribution in [3.8, 4) is 33.3 Å². The molecule has 7 nitrogen and oxygen atoms in total. The van der Waals surface area contributed by atoms with Crippen molar-refractivity contribution in [3.05, 3.63) is 47.3 Å². The SMILES string of the molecule is CCOc1ccc(-c2nc(-c3ccc(NC(C)=O)c(C(=O)[O-])c3)cs2)cc1OCC.[K+]. The van der Waals surface area contributed by atoms with Gasteiger partial charge < -0.3 is 24.7 Å². The Morgan fingerprint density at radius 3 is 2.35 bits per heavy atom. The number of aromatic carboxylic acids is 1. The number of aromatic nitrogens is 1. The molecule has 1 amide bonds. The van der Waals surface area contributed by atoms with Gasteiger partial charge in [-0.2, -0.15) is 0 Å². The quantitative estimate of drug-likeness (QED) is 0.490. The number of ether oxygens (including phenoxy) is 2. The van der Waals surface area contributed by atoms with Crippen molar-refractivity contribution in [2.24, 2.45) is 0 Å². The van der Waals surface area contributed by atoms with Crippen LogP contribution in [-0.4, -0.2) is 30.1 Å². The van der Waals surface area contributed by atoms with Crippen molar-refractivity contribution >= 4 is 28.9 Å². The van der Waals surface area contributed by atoms with E-state index in [9.17, 15) is 14.7 Å². The second kappa shape index (κ2) is 11.7. The van der Waals surface area contributed by atoms with Crippen LogP contribution in [-0.2, 0) is 4.79 Å². The Morgan fingerprint density at radius 1 is 1.03 bits per heavy atom. The minimum absolute atomic E-state index is 0. The number of anilines is 1. The second-order valence-electron chi connectivity index (χ2n) is 6.29. The Hall–Kier alpha value is -1.75. The van der Waals surface area contributed by atoms with Gasteiger partial charge in [-0.3, -0.25) is 4.79 Å². The van der Waals surface area contributed by atoms with Crippen LogP contribution in [0.5, 0.6) is 11.5 Å². The maximum atomic E-state index is 11.5. The monoisotopic (exact) mass is 464 g/mol. The van der Waals surface area contributed by atoms with Crippen LogP contribution in [0.25, 0.3) is 21.8 Å². The van der Waals surface area contributed by atoms with Gasteiger partial charge in [-0.05, 0) is 44.2 Å². The average Bonchev–Trinajstić information content (AvgIpc) is 3.19. The third-order valence-corrected chi connectivity index (χ3v) is 5.03. The Morgan fingerprint density at radius 2 is 1.71 bits per heavy atom. The van der Waals surface area contributed by atoms with E-state index in [-0.39, 0.29) is 68.5 Å². The molecule has 0 aliphatic carbocycles. The molecule has 156 valence electrons. The molecule has 3 aromatic rings. The smallest absolute Gasteiger partial charge is 0.545 e. The van der Waals surface area contributed by atoms with Crippen LogP contribution in [0, 0.1) is 0 Å². The first-order valence-corrected chi connectivity index (χ1v) is 10.3. The summed E-state index contributed by atoms with van der Waals surface area (Å²) in [5.74, 6) is -0.412. The van der Waals surface area contributed by atoms with Crippen LogP contribution in [0.3, 0.4) is 0 Å². The van der Waals surface area contributed by atoms with Crippen molar-refractivity contribution in [2.45, 2.75) is 20.8 Å². The number of carbonyl (C=O) groups is 2.